The summed E-state index contributed by atoms with van der Waals surface area (Å²) in [7, 11) is 1.88. The lowest BCUT2D eigenvalue weighted by atomic mass is 9.83. The Balaban J connectivity index is 1.71. The zero-order chi connectivity index (χ0) is 15.1. The SMILES string of the molecule is CCN1CCC(CNC(=NC)NCC2(CC)CCCC2)C1. The van der Waals surface area contributed by atoms with E-state index in [2.05, 4.69) is 34.4 Å². The van der Waals surface area contributed by atoms with Gasteiger partial charge in [-0.1, -0.05) is 26.7 Å². The van der Waals surface area contributed by atoms with Crippen LogP contribution in [0.2, 0.25) is 0 Å². The largest absolute Gasteiger partial charge is 0.356 e. The summed E-state index contributed by atoms with van der Waals surface area (Å²) < 4.78 is 0. The summed E-state index contributed by atoms with van der Waals surface area (Å²) in [6.45, 7) is 10.4. The molecule has 2 rings (SSSR count). The van der Waals surface area contributed by atoms with Gasteiger partial charge in [0.2, 0.25) is 0 Å². The topological polar surface area (TPSA) is 39.7 Å². The Kier molecular flexibility index (Phi) is 6.34. The van der Waals surface area contributed by atoms with Crippen LogP contribution in [0.15, 0.2) is 4.99 Å². The summed E-state index contributed by atoms with van der Waals surface area (Å²) in [5.41, 5.74) is 0.518. The molecule has 2 aliphatic rings. The van der Waals surface area contributed by atoms with Crippen LogP contribution >= 0.6 is 0 Å². The Labute approximate surface area is 130 Å². The molecule has 122 valence electrons. The van der Waals surface area contributed by atoms with Gasteiger partial charge in [0.05, 0.1) is 0 Å². The fourth-order valence-electron chi connectivity index (χ4n) is 3.88. The minimum atomic E-state index is 0.518. The molecule has 1 saturated heterocycles. The molecule has 0 aromatic rings. The van der Waals surface area contributed by atoms with Crippen LogP contribution in [-0.4, -0.2) is 50.6 Å². The second-order valence-electron chi connectivity index (χ2n) is 6.92. The zero-order valence-electron chi connectivity index (χ0n) is 14.2. The van der Waals surface area contributed by atoms with Crippen LogP contribution in [0.3, 0.4) is 0 Å². The second-order valence-corrected chi connectivity index (χ2v) is 6.92. The molecule has 4 heteroatoms. The van der Waals surface area contributed by atoms with Gasteiger partial charge in [0, 0.05) is 26.7 Å². The highest BCUT2D eigenvalue weighted by Gasteiger charge is 2.32. The first-order valence-electron chi connectivity index (χ1n) is 8.88. The summed E-state index contributed by atoms with van der Waals surface area (Å²) in [5, 5.41) is 7.11. The molecule has 1 unspecified atom stereocenters. The van der Waals surface area contributed by atoms with Crippen molar-refractivity contribution in [2.24, 2.45) is 16.3 Å². The van der Waals surface area contributed by atoms with Gasteiger partial charge < -0.3 is 15.5 Å². The van der Waals surface area contributed by atoms with Gasteiger partial charge in [-0.25, -0.2) is 0 Å². The molecule has 0 amide bonds. The molecule has 0 bridgehead atoms. The third kappa shape index (κ3) is 4.60. The number of likely N-dealkylation sites (tertiary alicyclic amines) is 1. The molecular weight excluding hydrogens is 260 g/mol. The van der Waals surface area contributed by atoms with E-state index < -0.39 is 0 Å². The Bertz CT molecular complexity index is 334. The van der Waals surface area contributed by atoms with Gasteiger partial charge in [-0.3, -0.25) is 4.99 Å². The van der Waals surface area contributed by atoms with Gasteiger partial charge in [0.15, 0.2) is 5.96 Å². The number of guanidine groups is 1. The third-order valence-corrected chi connectivity index (χ3v) is 5.64. The number of rotatable bonds is 6. The summed E-state index contributed by atoms with van der Waals surface area (Å²) in [4.78, 5) is 6.93. The van der Waals surface area contributed by atoms with E-state index in [4.69, 9.17) is 0 Å². The Morgan fingerprint density at radius 1 is 1.24 bits per heavy atom. The van der Waals surface area contributed by atoms with Crippen LogP contribution in [0.1, 0.15) is 52.4 Å². The first-order chi connectivity index (χ1) is 10.2. The number of nitrogens with one attached hydrogen (secondary N) is 2. The van der Waals surface area contributed by atoms with Crippen LogP contribution in [0, 0.1) is 11.3 Å². The van der Waals surface area contributed by atoms with Gasteiger partial charge in [-0.05, 0) is 50.1 Å². The van der Waals surface area contributed by atoms with Gasteiger partial charge >= 0.3 is 0 Å². The minimum absolute atomic E-state index is 0.518. The monoisotopic (exact) mass is 294 g/mol. The molecule has 0 radical (unpaired) electrons. The molecular formula is C17H34N4. The normalized spacial score (nSPS) is 26.2. The lowest BCUT2D eigenvalue weighted by Gasteiger charge is -2.28. The molecule has 1 heterocycles. The van der Waals surface area contributed by atoms with Crippen LogP contribution in [-0.2, 0) is 0 Å². The maximum Gasteiger partial charge on any atom is 0.191 e. The van der Waals surface area contributed by atoms with Gasteiger partial charge in [-0.2, -0.15) is 0 Å². The van der Waals surface area contributed by atoms with E-state index in [1.165, 1.54) is 58.2 Å². The molecule has 2 N–H and O–H groups in total. The highest BCUT2D eigenvalue weighted by molar-refractivity contribution is 5.79. The summed E-state index contributed by atoms with van der Waals surface area (Å²) in [5.74, 6) is 1.76. The van der Waals surface area contributed by atoms with E-state index in [9.17, 15) is 0 Å². The molecule has 0 aromatic heterocycles. The zero-order valence-corrected chi connectivity index (χ0v) is 14.2. The van der Waals surface area contributed by atoms with Crippen molar-refractivity contribution in [1.82, 2.24) is 15.5 Å². The van der Waals surface area contributed by atoms with Crippen molar-refractivity contribution in [3.63, 3.8) is 0 Å². The van der Waals surface area contributed by atoms with E-state index >= 15 is 0 Å². The Hall–Kier alpha value is -0.770. The predicted molar refractivity (Wildman–Crippen MR) is 90.8 cm³/mol. The molecule has 0 aromatic carbocycles. The highest BCUT2D eigenvalue weighted by atomic mass is 15.2. The second kappa shape index (κ2) is 8.02. The fraction of sp³-hybridized carbons (Fsp3) is 0.941. The van der Waals surface area contributed by atoms with Crippen molar-refractivity contribution in [3.05, 3.63) is 0 Å². The maximum absolute atomic E-state index is 4.40. The molecule has 1 saturated carbocycles. The third-order valence-electron chi connectivity index (χ3n) is 5.64. The number of hydrogen-bond donors (Lipinski definition) is 2. The summed E-state index contributed by atoms with van der Waals surface area (Å²) >= 11 is 0. The molecule has 4 nitrogen and oxygen atoms in total. The Morgan fingerprint density at radius 2 is 2.00 bits per heavy atom. The van der Waals surface area contributed by atoms with E-state index in [0.717, 1.165) is 25.0 Å². The van der Waals surface area contributed by atoms with Crippen LogP contribution < -0.4 is 10.6 Å². The van der Waals surface area contributed by atoms with E-state index in [0.29, 0.717) is 5.41 Å². The number of hydrogen-bond acceptors (Lipinski definition) is 2. The highest BCUT2D eigenvalue weighted by Crippen LogP contribution is 2.40. The minimum Gasteiger partial charge on any atom is -0.356 e. The van der Waals surface area contributed by atoms with Crippen molar-refractivity contribution in [3.8, 4) is 0 Å². The molecule has 21 heavy (non-hydrogen) atoms. The average Bonchev–Trinajstić information content (AvgIpc) is 3.17. The van der Waals surface area contributed by atoms with E-state index in [-0.39, 0.29) is 0 Å². The van der Waals surface area contributed by atoms with Crippen LogP contribution in [0.25, 0.3) is 0 Å². The van der Waals surface area contributed by atoms with E-state index in [1.807, 2.05) is 7.05 Å². The summed E-state index contributed by atoms with van der Waals surface area (Å²) in [6.07, 6.45) is 8.15. The quantitative estimate of drug-likeness (QED) is 0.584. The fourth-order valence-corrected chi connectivity index (χ4v) is 3.88. The first kappa shape index (κ1) is 16.6. The van der Waals surface area contributed by atoms with Crippen molar-refractivity contribution in [2.45, 2.75) is 52.4 Å². The molecule has 2 fully saturated rings. The summed E-state index contributed by atoms with van der Waals surface area (Å²) in [6, 6.07) is 0. The number of aliphatic imine (C=N–C) groups is 1. The molecule has 1 atom stereocenters. The van der Waals surface area contributed by atoms with E-state index in [1.54, 1.807) is 0 Å². The van der Waals surface area contributed by atoms with Crippen molar-refractivity contribution in [2.75, 3.05) is 39.8 Å². The lowest BCUT2D eigenvalue weighted by Crippen LogP contribution is -2.44. The maximum atomic E-state index is 4.40. The lowest BCUT2D eigenvalue weighted by molar-refractivity contribution is 0.283. The standard InChI is InChI=1S/C17H34N4/c1-4-17(9-6-7-10-17)14-20-16(18-3)19-12-15-8-11-21(5-2)13-15/h15H,4-14H2,1-3H3,(H2,18,19,20). The van der Waals surface area contributed by atoms with Crippen molar-refractivity contribution in [1.29, 1.82) is 0 Å². The van der Waals surface area contributed by atoms with Gasteiger partial charge in [0.25, 0.3) is 0 Å². The molecule has 1 aliphatic carbocycles. The average molecular weight is 294 g/mol. The van der Waals surface area contributed by atoms with Crippen molar-refractivity contribution >= 4 is 5.96 Å². The molecule has 0 spiro atoms. The first-order valence-corrected chi connectivity index (χ1v) is 8.88. The molecule has 1 aliphatic heterocycles. The van der Waals surface area contributed by atoms with Gasteiger partial charge in [0.1, 0.15) is 0 Å². The number of nitrogens with zero attached hydrogens (tertiary/aromatic N) is 2. The van der Waals surface area contributed by atoms with Crippen LogP contribution in [0.4, 0.5) is 0 Å². The van der Waals surface area contributed by atoms with Crippen LogP contribution in [0.5, 0.6) is 0 Å². The smallest absolute Gasteiger partial charge is 0.191 e. The predicted octanol–water partition coefficient (Wildman–Crippen LogP) is 2.46. The van der Waals surface area contributed by atoms with Gasteiger partial charge in [-0.15, -0.1) is 0 Å². The van der Waals surface area contributed by atoms with Crippen molar-refractivity contribution < 1.29 is 0 Å². The Morgan fingerprint density at radius 3 is 2.57 bits per heavy atom.